The Bertz CT molecular complexity index is 975. The number of allylic oxidation sites excluding steroid dienone is 2. The lowest BCUT2D eigenvalue weighted by molar-refractivity contribution is -0.137. The third kappa shape index (κ3) is 3.81. The van der Waals surface area contributed by atoms with Gasteiger partial charge in [0.2, 0.25) is 0 Å². The van der Waals surface area contributed by atoms with Gasteiger partial charge in [0.1, 0.15) is 0 Å². The Kier molecular flexibility index (Phi) is 4.92. The van der Waals surface area contributed by atoms with Crippen molar-refractivity contribution in [3.05, 3.63) is 64.2 Å². The van der Waals surface area contributed by atoms with Crippen LogP contribution in [0.5, 0.6) is 0 Å². The van der Waals surface area contributed by atoms with E-state index in [1.165, 1.54) is 18.2 Å². The lowest BCUT2D eigenvalue weighted by atomic mass is 9.96. The first-order chi connectivity index (χ1) is 12.1. The Morgan fingerprint density at radius 1 is 0.923 bits per heavy atom. The Balaban J connectivity index is 2.07. The molecule has 1 aliphatic carbocycles. The molecule has 0 N–H and O–H groups in total. The number of hydrogen-bond acceptors (Lipinski definition) is 2. The summed E-state index contributed by atoms with van der Waals surface area (Å²) in [6.07, 6.45) is -1.14. The van der Waals surface area contributed by atoms with Crippen LogP contribution in [0.4, 0.5) is 13.2 Å². The molecule has 0 saturated carbocycles. The van der Waals surface area contributed by atoms with E-state index in [0.29, 0.717) is 12.0 Å². The summed E-state index contributed by atoms with van der Waals surface area (Å²) in [5.41, 5.74) is 2.28. The van der Waals surface area contributed by atoms with Crippen LogP contribution in [-0.4, -0.2) is 14.7 Å². The van der Waals surface area contributed by atoms with Crippen molar-refractivity contribution in [3.8, 4) is 0 Å². The molecule has 0 bridgehead atoms. The van der Waals surface area contributed by atoms with Crippen LogP contribution in [-0.2, 0) is 16.0 Å². The minimum Gasteiger partial charge on any atom is -0.224 e. The fourth-order valence-corrected chi connectivity index (χ4v) is 4.07. The van der Waals surface area contributed by atoms with E-state index in [4.69, 9.17) is 11.6 Å². The van der Waals surface area contributed by atoms with Gasteiger partial charge in [-0.05, 0) is 65.8 Å². The van der Waals surface area contributed by atoms with Crippen molar-refractivity contribution >= 4 is 32.6 Å². The highest BCUT2D eigenvalue weighted by molar-refractivity contribution is 7.90. The van der Waals surface area contributed by atoms with E-state index in [0.717, 1.165) is 41.9 Å². The lowest BCUT2D eigenvalue weighted by Gasteiger charge is -2.13. The van der Waals surface area contributed by atoms with Gasteiger partial charge in [-0.3, -0.25) is 0 Å². The summed E-state index contributed by atoms with van der Waals surface area (Å²) in [7, 11) is -3.29. The zero-order chi connectivity index (χ0) is 19.1. The average Bonchev–Trinajstić information content (AvgIpc) is 3.03. The molecule has 0 saturated heterocycles. The number of benzene rings is 2. The molecule has 2 aromatic carbocycles. The van der Waals surface area contributed by atoms with Gasteiger partial charge in [-0.25, -0.2) is 8.42 Å². The standard InChI is InChI=1S/C19H16ClF3O2S/c1-26(24,25)14-8-5-12(6-9-14)15-3-2-4-16(15)13-7-10-18(20)17(11-13)19(21,22)23/h5-11H,2-4H2,1H3. The Hall–Kier alpha value is -1.79. The highest BCUT2D eigenvalue weighted by Gasteiger charge is 2.34. The van der Waals surface area contributed by atoms with Crippen molar-refractivity contribution < 1.29 is 21.6 Å². The summed E-state index contributed by atoms with van der Waals surface area (Å²) < 4.78 is 62.6. The number of alkyl halides is 3. The normalized spacial score (nSPS) is 15.6. The van der Waals surface area contributed by atoms with E-state index < -0.39 is 21.6 Å². The lowest BCUT2D eigenvalue weighted by Crippen LogP contribution is -2.06. The second kappa shape index (κ2) is 6.74. The molecular formula is C19H16ClF3O2S. The summed E-state index contributed by atoms with van der Waals surface area (Å²) in [6.45, 7) is 0. The van der Waals surface area contributed by atoms with Crippen LogP contribution in [0, 0.1) is 0 Å². The van der Waals surface area contributed by atoms with Crippen LogP contribution in [0.15, 0.2) is 47.4 Å². The molecule has 7 heteroatoms. The smallest absolute Gasteiger partial charge is 0.224 e. The van der Waals surface area contributed by atoms with Crippen LogP contribution >= 0.6 is 11.6 Å². The molecule has 3 rings (SSSR count). The van der Waals surface area contributed by atoms with E-state index in [9.17, 15) is 21.6 Å². The largest absolute Gasteiger partial charge is 0.417 e. The minimum atomic E-state index is -4.51. The quantitative estimate of drug-likeness (QED) is 0.647. The molecule has 0 unspecified atom stereocenters. The number of hydrogen-bond donors (Lipinski definition) is 0. The van der Waals surface area contributed by atoms with E-state index >= 15 is 0 Å². The van der Waals surface area contributed by atoms with Gasteiger partial charge in [-0.1, -0.05) is 29.8 Å². The van der Waals surface area contributed by atoms with Crippen molar-refractivity contribution in [1.29, 1.82) is 0 Å². The molecule has 0 aliphatic heterocycles. The summed E-state index contributed by atoms with van der Waals surface area (Å²) in [5, 5.41) is -0.320. The van der Waals surface area contributed by atoms with E-state index in [1.54, 1.807) is 18.2 Å². The molecule has 0 spiro atoms. The third-order valence-electron chi connectivity index (χ3n) is 4.47. The predicted molar refractivity (Wildman–Crippen MR) is 96.7 cm³/mol. The van der Waals surface area contributed by atoms with Crippen LogP contribution in [0.3, 0.4) is 0 Å². The van der Waals surface area contributed by atoms with Crippen LogP contribution in [0.2, 0.25) is 5.02 Å². The van der Waals surface area contributed by atoms with Gasteiger partial charge >= 0.3 is 6.18 Å². The van der Waals surface area contributed by atoms with Gasteiger partial charge in [0, 0.05) is 6.26 Å². The number of halogens is 4. The second-order valence-electron chi connectivity index (χ2n) is 6.30. The Morgan fingerprint density at radius 2 is 1.46 bits per heavy atom. The first-order valence-corrected chi connectivity index (χ1v) is 10.2. The molecule has 0 heterocycles. The van der Waals surface area contributed by atoms with Crippen molar-refractivity contribution in [3.63, 3.8) is 0 Å². The molecule has 2 nitrogen and oxygen atoms in total. The third-order valence-corrected chi connectivity index (χ3v) is 5.93. The topological polar surface area (TPSA) is 34.1 Å². The highest BCUT2D eigenvalue weighted by atomic mass is 35.5. The number of sulfone groups is 1. The Labute approximate surface area is 155 Å². The zero-order valence-corrected chi connectivity index (χ0v) is 15.5. The van der Waals surface area contributed by atoms with Crippen molar-refractivity contribution in [1.82, 2.24) is 0 Å². The summed E-state index contributed by atoms with van der Waals surface area (Å²) in [6, 6.07) is 10.4. The summed E-state index contributed by atoms with van der Waals surface area (Å²) in [5.74, 6) is 0. The zero-order valence-electron chi connectivity index (χ0n) is 13.9. The molecular weight excluding hydrogens is 385 g/mol. The van der Waals surface area contributed by atoms with Crippen LogP contribution in [0.25, 0.3) is 11.1 Å². The molecule has 0 aromatic heterocycles. The monoisotopic (exact) mass is 400 g/mol. The first-order valence-electron chi connectivity index (χ1n) is 7.97. The maximum atomic E-state index is 13.1. The minimum absolute atomic E-state index is 0.215. The van der Waals surface area contributed by atoms with Crippen molar-refractivity contribution in [2.75, 3.05) is 6.26 Å². The average molecular weight is 401 g/mol. The second-order valence-corrected chi connectivity index (χ2v) is 8.72. The van der Waals surface area contributed by atoms with E-state index in [1.807, 2.05) is 0 Å². The molecule has 0 amide bonds. The van der Waals surface area contributed by atoms with Gasteiger partial charge in [0.25, 0.3) is 0 Å². The van der Waals surface area contributed by atoms with E-state index in [-0.39, 0.29) is 9.92 Å². The first kappa shape index (κ1) is 19.0. The molecule has 0 radical (unpaired) electrons. The van der Waals surface area contributed by atoms with Gasteiger partial charge in [-0.15, -0.1) is 0 Å². The van der Waals surface area contributed by atoms with Gasteiger partial charge in [0.05, 0.1) is 15.5 Å². The Morgan fingerprint density at radius 3 is 2.00 bits per heavy atom. The molecule has 0 fully saturated rings. The highest BCUT2D eigenvalue weighted by Crippen LogP contribution is 2.42. The predicted octanol–water partition coefficient (Wildman–Crippen LogP) is 5.86. The van der Waals surface area contributed by atoms with Gasteiger partial charge < -0.3 is 0 Å². The molecule has 138 valence electrons. The van der Waals surface area contributed by atoms with Gasteiger partial charge in [-0.2, -0.15) is 13.2 Å². The fraction of sp³-hybridized carbons (Fsp3) is 0.263. The fourth-order valence-electron chi connectivity index (χ4n) is 3.21. The maximum absolute atomic E-state index is 13.1. The van der Waals surface area contributed by atoms with E-state index in [2.05, 4.69) is 0 Å². The van der Waals surface area contributed by atoms with Crippen LogP contribution < -0.4 is 0 Å². The molecule has 2 aromatic rings. The molecule has 1 aliphatic rings. The molecule has 26 heavy (non-hydrogen) atoms. The van der Waals surface area contributed by atoms with Crippen molar-refractivity contribution in [2.24, 2.45) is 0 Å². The van der Waals surface area contributed by atoms with Gasteiger partial charge in [0.15, 0.2) is 9.84 Å². The van der Waals surface area contributed by atoms with Crippen LogP contribution in [0.1, 0.15) is 36.0 Å². The van der Waals surface area contributed by atoms with Crippen molar-refractivity contribution in [2.45, 2.75) is 30.3 Å². The maximum Gasteiger partial charge on any atom is 0.417 e. The molecule has 0 atom stereocenters. The number of rotatable bonds is 3. The summed E-state index contributed by atoms with van der Waals surface area (Å²) >= 11 is 5.71. The summed E-state index contributed by atoms with van der Waals surface area (Å²) in [4.78, 5) is 0.215. The SMILES string of the molecule is CS(=O)(=O)c1ccc(C2=C(c3ccc(Cl)c(C(F)(F)F)c3)CCC2)cc1.